The molecule has 1 rings (SSSR count). The van der Waals surface area contributed by atoms with Crippen molar-refractivity contribution in [3.8, 4) is 0 Å². The molecule has 0 aliphatic heterocycles. The molecule has 5 nitrogen and oxygen atoms in total. The molecule has 0 saturated carbocycles. The van der Waals surface area contributed by atoms with Crippen molar-refractivity contribution in [1.82, 2.24) is 5.32 Å². The summed E-state index contributed by atoms with van der Waals surface area (Å²) in [4.78, 5) is 23.3. The molecule has 0 fully saturated rings. The van der Waals surface area contributed by atoms with E-state index in [-0.39, 0.29) is 11.8 Å². The minimum Gasteiger partial charge on any atom is -0.352 e. The minimum absolute atomic E-state index is 0.00778. The number of primary amides is 1. The molecule has 1 aromatic carbocycles. The topological polar surface area (TPSA) is 84.2 Å². The number of carbonyl (C=O) groups is 2. The molecule has 0 aliphatic carbocycles. The number of aryl methyl sites for hydroxylation is 2. The second-order valence-corrected chi connectivity index (χ2v) is 5.24. The first kappa shape index (κ1) is 16.0. The molecule has 5 heteroatoms. The van der Waals surface area contributed by atoms with Crippen molar-refractivity contribution in [2.75, 3.05) is 5.32 Å². The Morgan fingerprint density at radius 1 is 1.20 bits per heavy atom. The van der Waals surface area contributed by atoms with Crippen LogP contribution in [0.3, 0.4) is 0 Å². The van der Waals surface area contributed by atoms with Gasteiger partial charge in [0.25, 0.3) is 0 Å². The Labute approximate surface area is 119 Å². The predicted molar refractivity (Wildman–Crippen MR) is 80.5 cm³/mol. The van der Waals surface area contributed by atoms with Gasteiger partial charge >= 0.3 is 6.03 Å². The molecule has 0 heterocycles. The highest BCUT2D eigenvalue weighted by molar-refractivity contribution is 5.97. The molecule has 0 unspecified atom stereocenters. The van der Waals surface area contributed by atoms with E-state index in [1.807, 2.05) is 45.9 Å². The number of amides is 3. The minimum atomic E-state index is -0.689. The number of anilines is 1. The van der Waals surface area contributed by atoms with Crippen LogP contribution in [0.25, 0.3) is 0 Å². The van der Waals surface area contributed by atoms with E-state index in [1.54, 1.807) is 0 Å². The van der Waals surface area contributed by atoms with Gasteiger partial charge in [-0.1, -0.05) is 26.3 Å². The summed E-state index contributed by atoms with van der Waals surface area (Å²) in [6.07, 6.45) is 0.769. The predicted octanol–water partition coefficient (Wildman–Crippen LogP) is 2.32. The first-order valence-electron chi connectivity index (χ1n) is 6.78. The summed E-state index contributed by atoms with van der Waals surface area (Å²) in [5.74, 6) is -0.239. The molecule has 0 bridgehead atoms. The smallest absolute Gasteiger partial charge is 0.312 e. The number of nitrogens with one attached hydrogen (secondary N) is 2. The van der Waals surface area contributed by atoms with E-state index < -0.39 is 12.1 Å². The normalized spacial score (nSPS) is 13.4. The Kier molecular flexibility index (Phi) is 5.55. The lowest BCUT2D eigenvalue weighted by Crippen LogP contribution is -2.49. The van der Waals surface area contributed by atoms with E-state index in [0.717, 1.165) is 23.2 Å². The van der Waals surface area contributed by atoms with Crippen LogP contribution in [0, 0.1) is 19.8 Å². The Bertz CT molecular complexity index is 480. The molecule has 0 spiro atoms. The first-order valence-corrected chi connectivity index (χ1v) is 6.78. The van der Waals surface area contributed by atoms with Gasteiger partial charge in [-0.2, -0.15) is 0 Å². The fourth-order valence-corrected chi connectivity index (χ4v) is 2.12. The Morgan fingerprint density at radius 2 is 1.75 bits per heavy atom. The lowest BCUT2D eigenvalue weighted by molar-refractivity contribution is -0.119. The fourth-order valence-electron chi connectivity index (χ4n) is 2.12. The van der Waals surface area contributed by atoms with Gasteiger partial charge in [0, 0.05) is 5.69 Å². The summed E-state index contributed by atoms with van der Waals surface area (Å²) in [7, 11) is 0. The van der Waals surface area contributed by atoms with Crippen molar-refractivity contribution < 1.29 is 9.59 Å². The van der Waals surface area contributed by atoms with E-state index in [4.69, 9.17) is 5.73 Å². The third-order valence-electron chi connectivity index (χ3n) is 3.28. The van der Waals surface area contributed by atoms with Crippen LogP contribution in [0.1, 0.15) is 31.4 Å². The van der Waals surface area contributed by atoms with Crippen LogP contribution in [0.15, 0.2) is 18.2 Å². The summed E-state index contributed by atoms with van der Waals surface area (Å²) in [6.45, 7) is 7.80. The number of carbonyl (C=O) groups excluding carboxylic acids is 2. The molecule has 3 amide bonds. The largest absolute Gasteiger partial charge is 0.352 e. The van der Waals surface area contributed by atoms with Crippen LogP contribution in [-0.4, -0.2) is 18.0 Å². The second-order valence-electron chi connectivity index (χ2n) is 5.24. The molecule has 2 atom stereocenters. The van der Waals surface area contributed by atoms with Gasteiger partial charge in [-0.25, -0.2) is 4.79 Å². The van der Waals surface area contributed by atoms with Gasteiger partial charge in [-0.05, 0) is 43.0 Å². The Hall–Kier alpha value is -2.04. The molecule has 0 saturated heterocycles. The van der Waals surface area contributed by atoms with Crippen molar-refractivity contribution >= 4 is 17.6 Å². The Balaban J connectivity index is 2.87. The summed E-state index contributed by atoms with van der Waals surface area (Å²) >= 11 is 0. The monoisotopic (exact) mass is 277 g/mol. The zero-order chi connectivity index (χ0) is 15.3. The summed E-state index contributed by atoms with van der Waals surface area (Å²) in [5.41, 5.74) is 8.01. The fraction of sp³-hybridized carbons (Fsp3) is 0.467. The number of hydrogen-bond donors (Lipinski definition) is 3. The number of benzene rings is 1. The van der Waals surface area contributed by atoms with Gasteiger partial charge in [0.15, 0.2) is 0 Å². The standard InChI is InChI=1S/C15H23N3O2/c1-5-11(4)13(18-15(16)20)14(19)17-12-7-9(2)6-10(3)8-12/h6-8,11,13H,5H2,1-4H3,(H,17,19)(H3,16,18,20)/t11-,13-/m0/s1. The van der Waals surface area contributed by atoms with Crippen molar-refractivity contribution in [1.29, 1.82) is 0 Å². The molecule has 0 aromatic heterocycles. The molecule has 4 N–H and O–H groups in total. The highest BCUT2D eigenvalue weighted by Crippen LogP contribution is 2.16. The maximum atomic E-state index is 12.3. The number of hydrogen-bond acceptors (Lipinski definition) is 2. The molecule has 0 radical (unpaired) electrons. The van der Waals surface area contributed by atoms with Crippen LogP contribution in [-0.2, 0) is 4.79 Å². The third-order valence-corrected chi connectivity index (χ3v) is 3.28. The van der Waals surface area contributed by atoms with E-state index in [2.05, 4.69) is 10.6 Å². The zero-order valence-corrected chi connectivity index (χ0v) is 12.5. The maximum Gasteiger partial charge on any atom is 0.312 e. The average molecular weight is 277 g/mol. The van der Waals surface area contributed by atoms with Gasteiger partial charge in [-0.15, -0.1) is 0 Å². The lowest BCUT2D eigenvalue weighted by Gasteiger charge is -2.22. The quantitative estimate of drug-likeness (QED) is 0.771. The average Bonchev–Trinajstić information content (AvgIpc) is 2.33. The highest BCUT2D eigenvalue weighted by Gasteiger charge is 2.25. The molecular weight excluding hydrogens is 254 g/mol. The van der Waals surface area contributed by atoms with E-state index in [9.17, 15) is 9.59 Å². The van der Waals surface area contributed by atoms with Crippen LogP contribution >= 0.6 is 0 Å². The van der Waals surface area contributed by atoms with Gasteiger partial charge in [0.2, 0.25) is 5.91 Å². The van der Waals surface area contributed by atoms with Crippen molar-refractivity contribution in [3.05, 3.63) is 29.3 Å². The molecule has 20 heavy (non-hydrogen) atoms. The second kappa shape index (κ2) is 6.93. The zero-order valence-electron chi connectivity index (χ0n) is 12.5. The number of rotatable bonds is 5. The summed E-state index contributed by atoms with van der Waals surface area (Å²) in [6, 6.07) is 4.50. The lowest BCUT2D eigenvalue weighted by atomic mass is 9.98. The molecule has 110 valence electrons. The van der Waals surface area contributed by atoms with Gasteiger partial charge < -0.3 is 16.4 Å². The van der Waals surface area contributed by atoms with Crippen LogP contribution in [0.2, 0.25) is 0 Å². The van der Waals surface area contributed by atoms with Gasteiger partial charge in [0.05, 0.1) is 0 Å². The maximum absolute atomic E-state index is 12.3. The van der Waals surface area contributed by atoms with Gasteiger partial charge in [-0.3, -0.25) is 4.79 Å². The van der Waals surface area contributed by atoms with E-state index >= 15 is 0 Å². The van der Waals surface area contributed by atoms with Crippen molar-refractivity contribution in [2.45, 2.75) is 40.2 Å². The highest BCUT2D eigenvalue weighted by atomic mass is 16.2. The molecular formula is C15H23N3O2. The van der Waals surface area contributed by atoms with Gasteiger partial charge in [0.1, 0.15) is 6.04 Å². The number of nitrogens with two attached hydrogens (primary N) is 1. The van der Waals surface area contributed by atoms with E-state index in [0.29, 0.717) is 0 Å². The van der Waals surface area contributed by atoms with E-state index in [1.165, 1.54) is 0 Å². The molecule has 0 aliphatic rings. The third kappa shape index (κ3) is 4.57. The summed E-state index contributed by atoms with van der Waals surface area (Å²) in [5, 5.41) is 5.34. The SMILES string of the molecule is CC[C@H](C)[C@H](NC(N)=O)C(=O)Nc1cc(C)cc(C)c1. The summed E-state index contributed by atoms with van der Waals surface area (Å²) < 4.78 is 0. The number of urea groups is 1. The molecule has 1 aromatic rings. The van der Waals surface area contributed by atoms with Crippen LogP contribution < -0.4 is 16.4 Å². The van der Waals surface area contributed by atoms with Crippen LogP contribution in [0.4, 0.5) is 10.5 Å². The van der Waals surface area contributed by atoms with Crippen LogP contribution in [0.5, 0.6) is 0 Å². The van der Waals surface area contributed by atoms with Crippen molar-refractivity contribution in [2.24, 2.45) is 11.7 Å². The first-order chi connectivity index (χ1) is 9.33. The van der Waals surface area contributed by atoms with Crippen molar-refractivity contribution in [3.63, 3.8) is 0 Å². The Morgan fingerprint density at radius 3 is 2.20 bits per heavy atom.